The van der Waals surface area contributed by atoms with Crippen LogP contribution in [0.2, 0.25) is 0 Å². The minimum atomic E-state index is -2.89. The highest BCUT2D eigenvalue weighted by atomic mass is 28.3. The number of nitrogens with zero attached hydrogens (tertiary/aromatic N) is 3. The first-order valence-electron chi connectivity index (χ1n) is 20.9. The normalized spacial score (nSPS) is 11.5. The molecule has 11 rings (SSSR count). The summed E-state index contributed by atoms with van der Waals surface area (Å²) in [5, 5.41) is 7.41. The van der Waals surface area contributed by atoms with Crippen molar-refractivity contribution in [2.45, 2.75) is 0 Å². The van der Waals surface area contributed by atoms with Crippen LogP contribution in [0.5, 0.6) is 0 Å². The molecule has 11 aromatic rings. The van der Waals surface area contributed by atoms with Crippen molar-refractivity contribution in [1.29, 1.82) is 0 Å². The van der Waals surface area contributed by atoms with Crippen LogP contribution in [0.4, 0.5) is 0 Å². The molecule has 0 N–H and O–H groups in total. The lowest BCUT2D eigenvalue weighted by atomic mass is 9.95. The monoisotopic (exact) mass is 809 g/mol. The molecule has 0 unspecified atom stereocenters. The summed E-state index contributed by atoms with van der Waals surface area (Å²) >= 11 is 0. The van der Waals surface area contributed by atoms with Crippen molar-refractivity contribution in [3.63, 3.8) is 0 Å². The van der Waals surface area contributed by atoms with Crippen LogP contribution in [0.25, 0.3) is 78.4 Å². The maximum absolute atomic E-state index is 6.82. The van der Waals surface area contributed by atoms with E-state index in [9.17, 15) is 0 Å². The molecule has 0 amide bonds. The molecule has 4 nitrogen and oxygen atoms in total. The maximum Gasteiger partial charge on any atom is 0.179 e. The van der Waals surface area contributed by atoms with Gasteiger partial charge in [0.2, 0.25) is 0 Å². The van der Waals surface area contributed by atoms with Crippen LogP contribution in [0.1, 0.15) is 0 Å². The van der Waals surface area contributed by atoms with E-state index in [1.165, 1.54) is 20.7 Å². The summed E-state index contributed by atoms with van der Waals surface area (Å²) in [6.07, 6.45) is 0. The number of benzene rings is 9. The minimum Gasteiger partial charge on any atom is -0.456 e. The van der Waals surface area contributed by atoms with Gasteiger partial charge >= 0.3 is 0 Å². The van der Waals surface area contributed by atoms with Crippen LogP contribution in [-0.4, -0.2) is 23.0 Å². The SMILES string of the molecule is c1ccc(-c2nc(-c3ccccc3)nc(-c3cccc(-c4cccc(-c5cc([Si](c6ccccc6)(c6ccccc6)c6ccccc6)cc6oc7ccccc7c56)c4)c3)n2)cc1. The predicted octanol–water partition coefficient (Wildman–Crippen LogP) is 11.5. The van der Waals surface area contributed by atoms with Gasteiger partial charge in [0.1, 0.15) is 11.2 Å². The molecule has 0 aliphatic rings. The fourth-order valence-corrected chi connectivity index (χ4v) is 13.8. The van der Waals surface area contributed by atoms with Crippen molar-refractivity contribution in [2.75, 3.05) is 0 Å². The molecule has 0 fully saturated rings. The van der Waals surface area contributed by atoms with Crippen molar-refractivity contribution < 1.29 is 4.42 Å². The molecule has 2 aromatic heterocycles. The first-order chi connectivity index (χ1) is 30.7. The second-order valence-corrected chi connectivity index (χ2v) is 19.4. The van der Waals surface area contributed by atoms with E-state index in [1.807, 2.05) is 66.7 Å². The van der Waals surface area contributed by atoms with E-state index >= 15 is 0 Å². The maximum atomic E-state index is 6.82. The van der Waals surface area contributed by atoms with Crippen LogP contribution < -0.4 is 20.7 Å². The number of hydrogen-bond acceptors (Lipinski definition) is 4. The van der Waals surface area contributed by atoms with Gasteiger partial charge in [0.05, 0.1) is 0 Å². The molecule has 0 saturated heterocycles. The van der Waals surface area contributed by atoms with E-state index in [0.717, 1.165) is 60.9 Å². The zero-order valence-corrected chi connectivity index (χ0v) is 34.8. The van der Waals surface area contributed by atoms with E-state index < -0.39 is 8.07 Å². The molecule has 292 valence electrons. The van der Waals surface area contributed by atoms with Gasteiger partial charge in [-0.15, -0.1) is 0 Å². The zero-order valence-electron chi connectivity index (χ0n) is 33.8. The quantitative estimate of drug-likeness (QED) is 0.108. The third kappa shape index (κ3) is 6.62. The summed E-state index contributed by atoms with van der Waals surface area (Å²) in [7, 11) is -2.89. The highest BCUT2D eigenvalue weighted by molar-refractivity contribution is 7.20. The largest absolute Gasteiger partial charge is 0.456 e. The smallest absolute Gasteiger partial charge is 0.179 e. The molecule has 0 bridgehead atoms. The first-order valence-corrected chi connectivity index (χ1v) is 22.9. The van der Waals surface area contributed by atoms with Gasteiger partial charge in [-0.3, -0.25) is 0 Å². The second-order valence-electron chi connectivity index (χ2n) is 15.5. The van der Waals surface area contributed by atoms with E-state index in [2.05, 4.69) is 170 Å². The van der Waals surface area contributed by atoms with E-state index in [-0.39, 0.29) is 0 Å². The van der Waals surface area contributed by atoms with E-state index in [4.69, 9.17) is 19.4 Å². The number of fused-ring (bicyclic) bond motifs is 3. The van der Waals surface area contributed by atoms with Gasteiger partial charge in [0.15, 0.2) is 25.5 Å². The van der Waals surface area contributed by atoms with Gasteiger partial charge in [0.25, 0.3) is 0 Å². The number of rotatable bonds is 9. The molecule has 0 spiro atoms. The van der Waals surface area contributed by atoms with E-state index in [0.29, 0.717) is 17.5 Å². The molecule has 0 aliphatic heterocycles. The molecule has 0 atom stereocenters. The fraction of sp³-hybridized carbons (Fsp3) is 0. The number of para-hydroxylation sites is 1. The van der Waals surface area contributed by atoms with Crippen LogP contribution in [0.3, 0.4) is 0 Å². The highest BCUT2D eigenvalue weighted by Gasteiger charge is 2.42. The molecular formula is C57H39N3OSi. The molecular weight excluding hydrogens is 771 g/mol. The van der Waals surface area contributed by atoms with E-state index in [1.54, 1.807) is 0 Å². The Kier molecular flexibility index (Phi) is 9.49. The topological polar surface area (TPSA) is 51.8 Å². The Morgan fingerprint density at radius 1 is 0.290 bits per heavy atom. The summed E-state index contributed by atoms with van der Waals surface area (Å²) in [4.78, 5) is 15.0. The first kappa shape index (κ1) is 37.0. The summed E-state index contributed by atoms with van der Waals surface area (Å²) in [5.74, 6) is 1.90. The number of aromatic nitrogens is 3. The van der Waals surface area contributed by atoms with Gasteiger partial charge in [-0.2, -0.15) is 0 Å². The lowest BCUT2D eigenvalue weighted by Crippen LogP contribution is -2.74. The zero-order chi connectivity index (χ0) is 41.3. The van der Waals surface area contributed by atoms with Crippen molar-refractivity contribution >= 4 is 50.8 Å². The predicted molar refractivity (Wildman–Crippen MR) is 258 cm³/mol. The van der Waals surface area contributed by atoms with Crippen LogP contribution in [0.15, 0.2) is 241 Å². The Morgan fingerprint density at radius 2 is 0.694 bits per heavy atom. The molecule has 9 aromatic carbocycles. The van der Waals surface area contributed by atoms with Crippen LogP contribution in [-0.2, 0) is 0 Å². The average Bonchev–Trinajstić information content (AvgIpc) is 3.74. The Morgan fingerprint density at radius 3 is 1.23 bits per heavy atom. The minimum absolute atomic E-state index is 0.624. The van der Waals surface area contributed by atoms with Crippen LogP contribution in [0, 0.1) is 0 Å². The van der Waals surface area contributed by atoms with Gasteiger partial charge in [-0.05, 0) is 67.3 Å². The Balaban J connectivity index is 1.10. The molecule has 2 heterocycles. The Hall–Kier alpha value is -7.99. The van der Waals surface area contributed by atoms with Gasteiger partial charge < -0.3 is 4.42 Å². The third-order valence-electron chi connectivity index (χ3n) is 11.9. The Labute approximate surface area is 361 Å². The molecule has 0 saturated carbocycles. The summed E-state index contributed by atoms with van der Waals surface area (Å²) in [5.41, 5.74) is 8.96. The average molecular weight is 810 g/mol. The summed E-state index contributed by atoms with van der Waals surface area (Å²) in [6.45, 7) is 0. The summed E-state index contributed by atoms with van der Waals surface area (Å²) in [6, 6.07) is 84.0. The number of hydrogen-bond donors (Lipinski definition) is 0. The molecule has 0 radical (unpaired) electrons. The lowest BCUT2D eigenvalue weighted by Gasteiger charge is -2.34. The lowest BCUT2D eigenvalue weighted by molar-refractivity contribution is 0.669. The molecule has 5 heteroatoms. The standard InChI is InChI=1S/C57H39N3OSi/c1-6-20-40(21-7-1)55-58-56(41-22-8-2-9-23-41)60-57(59-55)45-27-19-25-43(37-45)42-24-18-26-44(36-42)51-38-49(39-53-54(51)50-34-16-17-35-52(50)61-53)62(46-28-10-3-11-29-46,47-30-12-4-13-31-47)48-32-14-5-15-33-48/h1-39H. The van der Waals surface area contributed by atoms with Crippen molar-refractivity contribution in [3.8, 4) is 56.4 Å². The van der Waals surface area contributed by atoms with Gasteiger partial charge in [0, 0.05) is 27.5 Å². The van der Waals surface area contributed by atoms with Gasteiger partial charge in [-0.25, -0.2) is 15.0 Å². The molecule has 62 heavy (non-hydrogen) atoms. The third-order valence-corrected chi connectivity index (χ3v) is 16.6. The second kappa shape index (κ2) is 15.9. The van der Waals surface area contributed by atoms with Gasteiger partial charge in [-0.1, -0.05) is 212 Å². The van der Waals surface area contributed by atoms with Crippen LogP contribution >= 0.6 is 0 Å². The summed E-state index contributed by atoms with van der Waals surface area (Å²) < 4.78 is 6.82. The highest BCUT2D eigenvalue weighted by Crippen LogP contribution is 2.38. The van der Waals surface area contributed by atoms with Crippen molar-refractivity contribution in [1.82, 2.24) is 15.0 Å². The fourth-order valence-electron chi connectivity index (χ4n) is 9.00. The van der Waals surface area contributed by atoms with Crippen molar-refractivity contribution in [3.05, 3.63) is 237 Å². The molecule has 0 aliphatic carbocycles. The number of furan rings is 1. The van der Waals surface area contributed by atoms with Crippen molar-refractivity contribution in [2.24, 2.45) is 0 Å². The Bertz CT molecular complexity index is 3180.